The minimum atomic E-state index is -0.521. The van der Waals surface area contributed by atoms with Crippen LogP contribution in [0.2, 0.25) is 0 Å². The Bertz CT molecular complexity index is 894. The Morgan fingerprint density at radius 1 is 1.11 bits per heavy atom. The first-order valence-corrected chi connectivity index (χ1v) is 9.72. The molecule has 2 aromatic rings. The van der Waals surface area contributed by atoms with Crippen LogP contribution in [0, 0.1) is 0 Å². The zero-order valence-electron chi connectivity index (χ0n) is 16.3. The van der Waals surface area contributed by atoms with Crippen LogP contribution in [0.5, 0.6) is 5.75 Å². The van der Waals surface area contributed by atoms with E-state index in [1.807, 2.05) is 36.4 Å². The second kappa shape index (κ2) is 7.54. The molecular weight excluding hydrogens is 354 g/mol. The van der Waals surface area contributed by atoms with Gasteiger partial charge < -0.3 is 19.9 Å². The second-order valence-electron chi connectivity index (χ2n) is 7.28. The summed E-state index contributed by atoms with van der Waals surface area (Å²) in [4.78, 5) is 29.1. The predicted octanol–water partition coefficient (Wildman–Crippen LogP) is 3.45. The van der Waals surface area contributed by atoms with Gasteiger partial charge in [0.15, 0.2) is 0 Å². The van der Waals surface area contributed by atoms with Crippen molar-refractivity contribution in [2.75, 3.05) is 30.4 Å². The molecular formula is C22H25N3O3. The molecule has 1 N–H and O–H groups in total. The maximum absolute atomic E-state index is 12.9. The van der Waals surface area contributed by atoms with Gasteiger partial charge >= 0.3 is 6.03 Å². The summed E-state index contributed by atoms with van der Waals surface area (Å²) in [5.74, 6) is 0.669. The van der Waals surface area contributed by atoms with E-state index in [2.05, 4.69) is 11.4 Å². The average Bonchev–Trinajstić information content (AvgIpc) is 3.20. The van der Waals surface area contributed by atoms with Crippen molar-refractivity contribution in [3.63, 3.8) is 0 Å². The Labute approximate surface area is 165 Å². The smallest absolute Gasteiger partial charge is 0.322 e. The Morgan fingerprint density at radius 2 is 1.89 bits per heavy atom. The van der Waals surface area contributed by atoms with Gasteiger partial charge in [-0.2, -0.15) is 0 Å². The summed E-state index contributed by atoms with van der Waals surface area (Å²) in [5.41, 5.74) is 4.23. The number of carbonyl (C=O) groups excluding carboxylic acids is 2. The van der Waals surface area contributed by atoms with Crippen LogP contribution < -0.4 is 15.0 Å². The monoisotopic (exact) mass is 379 g/mol. The first-order chi connectivity index (χ1) is 13.6. The van der Waals surface area contributed by atoms with Crippen molar-refractivity contribution in [1.82, 2.24) is 4.90 Å². The van der Waals surface area contributed by atoms with E-state index in [1.165, 1.54) is 11.1 Å². The molecule has 2 aliphatic rings. The Balaban J connectivity index is 1.46. The van der Waals surface area contributed by atoms with Crippen molar-refractivity contribution >= 4 is 23.3 Å². The van der Waals surface area contributed by atoms with Crippen LogP contribution >= 0.6 is 0 Å². The number of piperazine rings is 1. The summed E-state index contributed by atoms with van der Waals surface area (Å²) in [6, 6.07) is 12.7. The number of nitrogens with zero attached hydrogens (tertiary/aromatic N) is 2. The van der Waals surface area contributed by atoms with E-state index in [9.17, 15) is 9.59 Å². The summed E-state index contributed by atoms with van der Waals surface area (Å²) in [6.07, 6.45) is 3.18. The van der Waals surface area contributed by atoms with Crippen molar-refractivity contribution in [3.8, 4) is 5.75 Å². The second-order valence-corrected chi connectivity index (χ2v) is 7.28. The van der Waals surface area contributed by atoms with Gasteiger partial charge in [0.1, 0.15) is 11.8 Å². The van der Waals surface area contributed by atoms with Gasteiger partial charge in [-0.05, 0) is 67.6 Å². The maximum atomic E-state index is 12.9. The molecule has 6 nitrogen and oxygen atoms in total. The van der Waals surface area contributed by atoms with E-state index in [1.54, 1.807) is 23.8 Å². The number of amides is 3. The number of urea groups is 1. The van der Waals surface area contributed by atoms with Gasteiger partial charge in [-0.1, -0.05) is 12.1 Å². The van der Waals surface area contributed by atoms with Gasteiger partial charge in [0.05, 0.1) is 7.11 Å². The highest BCUT2D eigenvalue weighted by Crippen LogP contribution is 2.29. The number of aryl methyl sites for hydroxylation is 1. The van der Waals surface area contributed by atoms with Crippen LogP contribution in [-0.2, 0) is 17.6 Å². The lowest BCUT2D eigenvalue weighted by atomic mass is 10.1. The number of hydrogen-bond donors (Lipinski definition) is 1. The number of rotatable bonds is 3. The largest absolute Gasteiger partial charge is 0.497 e. The zero-order chi connectivity index (χ0) is 19.7. The molecule has 0 spiro atoms. The molecule has 1 saturated heterocycles. The van der Waals surface area contributed by atoms with Crippen molar-refractivity contribution < 1.29 is 14.3 Å². The molecule has 1 heterocycles. The van der Waals surface area contributed by atoms with Gasteiger partial charge in [-0.15, -0.1) is 0 Å². The SMILES string of the molecule is COc1ccc(N2CCN(C(=O)Nc3cccc4c3CCC4)[C@H](C)C2=O)cc1. The first kappa shape index (κ1) is 18.3. The Hall–Kier alpha value is -3.02. The molecule has 0 saturated carbocycles. The first-order valence-electron chi connectivity index (χ1n) is 9.72. The molecule has 3 amide bonds. The molecule has 28 heavy (non-hydrogen) atoms. The van der Waals surface area contributed by atoms with Crippen LogP contribution in [0.3, 0.4) is 0 Å². The quantitative estimate of drug-likeness (QED) is 0.888. The van der Waals surface area contributed by atoms with Crippen LogP contribution in [0.1, 0.15) is 24.5 Å². The summed E-state index contributed by atoms with van der Waals surface area (Å²) >= 11 is 0. The number of anilines is 2. The number of ether oxygens (including phenoxy) is 1. The van der Waals surface area contributed by atoms with Crippen LogP contribution in [0.25, 0.3) is 0 Å². The lowest BCUT2D eigenvalue weighted by Gasteiger charge is -2.39. The highest BCUT2D eigenvalue weighted by atomic mass is 16.5. The third-order valence-corrected chi connectivity index (χ3v) is 5.69. The lowest BCUT2D eigenvalue weighted by Crippen LogP contribution is -2.58. The van der Waals surface area contributed by atoms with E-state index < -0.39 is 6.04 Å². The number of fused-ring (bicyclic) bond motifs is 1. The zero-order valence-corrected chi connectivity index (χ0v) is 16.3. The molecule has 2 aromatic carbocycles. The van der Waals surface area contributed by atoms with Crippen molar-refractivity contribution in [2.45, 2.75) is 32.2 Å². The van der Waals surface area contributed by atoms with E-state index >= 15 is 0 Å². The molecule has 1 fully saturated rings. The fourth-order valence-electron chi connectivity index (χ4n) is 4.09. The standard InChI is InChI=1S/C22H25N3O3/c1-15-21(26)25(17-9-11-18(28-2)12-10-17)14-13-24(15)22(27)23-20-8-4-6-16-5-3-7-19(16)20/h4,6,8-12,15H,3,5,7,13-14H2,1-2H3,(H,23,27)/t15-/m1/s1. The Kier molecular flexibility index (Phi) is 4.94. The summed E-state index contributed by atoms with van der Waals surface area (Å²) in [5, 5.41) is 3.03. The van der Waals surface area contributed by atoms with Gasteiger partial charge in [0, 0.05) is 24.5 Å². The number of hydrogen-bond acceptors (Lipinski definition) is 3. The average molecular weight is 379 g/mol. The van der Waals surface area contributed by atoms with Crippen LogP contribution in [0.15, 0.2) is 42.5 Å². The predicted molar refractivity (Wildman–Crippen MR) is 109 cm³/mol. The number of benzene rings is 2. The van der Waals surface area contributed by atoms with Gasteiger partial charge in [-0.3, -0.25) is 4.79 Å². The van der Waals surface area contributed by atoms with Crippen LogP contribution in [0.4, 0.5) is 16.2 Å². The third-order valence-electron chi connectivity index (χ3n) is 5.69. The molecule has 0 bridgehead atoms. The summed E-state index contributed by atoms with van der Waals surface area (Å²) in [7, 11) is 1.61. The fraction of sp³-hybridized carbons (Fsp3) is 0.364. The van der Waals surface area contributed by atoms with Crippen LogP contribution in [-0.4, -0.2) is 43.1 Å². The summed E-state index contributed by atoms with van der Waals surface area (Å²) < 4.78 is 5.18. The van der Waals surface area contributed by atoms with Crippen molar-refractivity contribution in [1.29, 1.82) is 0 Å². The molecule has 1 aliphatic carbocycles. The van der Waals surface area contributed by atoms with Crippen molar-refractivity contribution in [2.24, 2.45) is 0 Å². The minimum absolute atomic E-state index is 0.0788. The lowest BCUT2D eigenvalue weighted by molar-refractivity contribution is -0.123. The molecule has 0 aromatic heterocycles. The third kappa shape index (κ3) is 3.30. The molecule has 146 valence electrons. The molecule has 6 heteroatoms. The molecule has 1 aliphatic heterocycles. The number of nitrogens with one attached hydrogen (secondary N) is 1. The van der Waals surface area contributed by atoms with E-state index in [4.69, 9.17) is 4.74 Å². The highest BCUT2D eigenvalue weighted by molar-refractivity contribution is 6.02. The van der Waals surface area contributed by atoms with Gasteiger partial charge in [0.25, 0.3) is 0 Å². The number of carbonyl (C=O) groups is 2. The Morgan fingerprint density at radius 3 is 2.64 bits per heavy atom. The van der Waals surface area contributed by atoms with Crippen molar-refractivity contribution in [3.05, 3.63) is 53.6 Å². The van der Waals surface area contributed by atoms with E-state index in [0.29, 0.717) is 13.1 Å². The highest BCUT2D eigenvalue weighted by Gasteiger charge is 2.35. The summed E-state index contributed by atoms with van der Waals surface area (Å²) in [6.45, 7) is 2.74. The molecule has 0 radical (unpaired) electrons. The molecule has 1 atom stereocenters. The topological polar surface area (TPSA) is 61.9 Å². The molecule has 4 rings (SSSR count). The fourth-order valence-corrected chi connectivity index (χ4v) is 4.09. The van der Waals surface area contributed by atoms with Gasteiger partial charge in [0.2, 0.25) is 5.91 Å². The van der Waals surface area contributed by atoms with E-state index in [-0.39, 0.29) is 11.9 Å². The van der Waals surface area contributed by atoms with Gasteiger partial charge in [-0.25, -0.2) is 4.79 Å². The maximum Gasteiger partial charge on any atom is 0.322 e. The number of methoxy groups -OCH3 is 1. The minimum Gasteiger partial charge on any atom is -0.497 e. The normalized spacial score (nSPS) is 18.8. The molecule has 0 unspecified atom stereocenters. The van der Waals surface area contributed by atoms with E-state index in [0.717, 1.165) is 36.4 Å².